The van der Waals surface area contributed by atoms with Crippen LogP contribution in [0.4, 0.5) is 0 Å². The Labute approximate surface area is 179 Å². The molecule has 0 aromatic carbocycles. The van der Waals surface area contributed by atoms with Gasteiger partial charge in [0.1, 0.15) is 0 Å². The van der Waals surface area contributed by atoms with E-state index in [1.54, 1.807) is 0 Å². The van der Waals surface area contributed by atoms with Crippen LogP contribution in [0, 0.1) is 0 Å². The lowest BCUT2D eigenvalue weighted by atomic mass is 10.4. The van der Waals surface area contributed by atoms with Crippen LogP contribution in [-0.2, 0) is 13.6 Å². The first kappa shape index (κ1) is 45.8. The lowest BCUT2D eigenvalue weighted by molar-refractivity contribution is 0.144. The summed E-state index contributed by atoms with van der Waals surface area (Å²) in [6, 6.07) is 1.25. The van der Waals surface area contributed by atoms with Gasteiger partial charge in [-0.05, 0) is 58.9 Å². The van der Waals surface area contributed by atoms with Crippen LogP contribution in [0.25, 0.3) is 0 Å². The minimum absolute atomic E-state index is 0. The Morgan fingerprint density at radius 1 is 0.704 bits per heavy atom. The van der Waals surface area contributed by atoms with Crippen molar-refractivity contribution in [3.05, 3.63) is 0 Å². The quantitative estimate of drug-likeness (QED) is 0.257. The Balaban J connectivity index is -0.0000000409. The predicted octanol–water partition coefficient (Wildman–Crippen LogP) is 8.40. The average Bonchev–Trinajstić information content (AvgIpc) is 2.55. The summed E-state index contributed by atoms with van der Waals surface area (Å²) < 4.78 is 15.9. The fraction of sp³-hybridized carbons (Fsp3) is 1.00. The van der Waals surface area contributed by atoms with Crippen LogP contribution in [0.2, 0.25) is 32.2 Å². The van der Waals surface area contributed by atoms with E-state index in [-0.39, 0.29) is 22.3 Å². The first-order chi connectivity index (χ1) is 11.3. The molecule has 0 radical (unpaired) electrons. The van der Waals surface area contributed by atoms with Gasteiger partial charge in [-0.15, -0.1) is 0 Å². The van der Waals surface area contributed by atoms with Crippen molar-refractivity contribution in [2.75, 3.05) is 26.4 Å². The van der Waals surface area contributed by atoms with Gasteiger partial charge in [0.25, 0.3) is 0 Å². The van der Waals surface area contributed by atoms with E-state index in [1.165, 1.54) is 18.9 Å². The molecular formula is C22H62O3Si2. The van der Waals surface area contributed by atoms with E-state index in [1.807, 2.05) is 27.7 Å². The molecule has 0 saturated carbocycles. The zero-order chi connectivity index (χ0) is 19.9. The van der Waals surface area contributed by atoms with Crippen molar-refractivity contribution in [1.82, 2.24) is 0 Å². The van der Waals surface area contributed by atoms with Gasteiger partial charge in [0.05, 0.1) is 0 Å². The number of rotatable bonds is 10. The molecule has 0 heterocycles. The van der Waals surface area contributed by atoms with Gasteiger partial charge >= 0.3 is 0 Å². The molecule has 0 aromatic heterocycles. The maximum absolute atomic E-state index is 5.86. The minimum atomic E-state index is -1.18. The molecule has 0 spiro atoms. The van der Waals surface area contributed by atoms with Crippen LogP contribution >= 0.6 is 0 Å². The molecule has 0 N–H and O–H groups in total. The van der Waals surface area contributed by atoms with Gasteiger partial charge in [-0.25, -0.2) is 0 Å². The third-order valence-corrected chi connectivity index (χ3v) is 8.95. The number of hydrogen-bond donors (Lipinski definition) is 0. The molecule has 0 unspecified atom stereocenters. The van der Waals surface area contributed by atoms with Crippen molar-refractivity contribution in [3.8, 4) is 0 Å². The van der Waals surface area contributed by atoms with E-state index in [0.29, 0.717) is 0 Å². The summed E-state index contributed by atoms with van der Waals surface area (Å²) >= 11 is 0. The highest BCUT2D eigenvalue weighted by Crippen LogP contribution is 2.10. The lowest BCUT2D eigenvalue weighted by Crippen LogP contribution is -2.34. The van der Waals surface area contributed by atoms with Gasteiger partial charge in [-0.1, -0.05) is 63.3 Å². The van der Waals surface area contributed by atoms with Crippen LogP contribution in [0.1, 0.15) is 90.0 Å². The maximum Gasteiger partial charge on any atom is 0.172 e. The average molecular weight is 431 g/mol. The van der Waals surface area contributed by atoms with Crippen molar-refractivity contribution in [3.63, 3.8) is 0 Å². The van der Waals surface area contributed by atoms with E-state index in [4.69, 9.17) is 13.6 Å². The normalized spacial score (nSPS) is 8.89. The molecule has 0 amide bonds. The van der Waals surface area contributed by atoms with Crippen LogP contribution in [0.3, 0.4) is 0 Å². The van der Waals surface area contributed by atoms with E-state index in [9.17, 15) is 0 Å². The Kier molecular flexibility index (Phi) is 69.4. The van der Waals surface area contributed by atoms with Gasteiger partial charge in [-0.3, -0.25) is 0 Å². The fourth-order valence-electron chi connectivity index (χ4n) is 1.40. The Hall–Kier alpha value is 0.314. The summed E-state index contributed by atoms with van der Waals surface area (Å²) in [6.45, 7) is 27.2. The monoisotopic (exact) mass is 430 g/mol. The molecule has 0 saturated heterocycles. The molecule has 0 aromatic rings. The first-order valence-corrected chi connectivity index (χ1v) is 16.0. The van der Waals surface area contributed by atoms with E-state index in [0.717, 1.165) is 32.8 Å². The van der Waals surface area contributed by atoms with Crippen LogP contribution < -0.4 is 0 Å². The number of ether oxygens (including phenoxy) is 2. The molecule has 0 fully saturated rings. The Morgan fingerprint density at radius 3 is 1.30 bits per heavy atom. The van der Waals surface area contributed by atoms with Gasteiger partial charge in [0.2, 0.25) is 0 Å². The zero-order valence-corrected chi connectivity index (χ0v) is 21.1. The highest BCUT2D eigenvalue weighted by Gasteiger charge is 2.19. The molecule has 0 aliphatic rings. The molecule has 0 atom stereocenters. The van der Waals surface area contributed by atoms with Crippen LogP contribution in [0.5, 0.6) is 0 Å². The largest absolute Gasteiger partial charge is 0.458 e. The topological polar surface area (TPSA) is 27.7 Å². The Morgan fingerprint density at radius 2 is 1.11 bits per heavy atom. The second kappa shape index (κ2) is 40.9. The third-order valence-electron chi connectivity index (χ3n) is 2.81. The van der Waals surface area contributed by atoms with Crippen LogP contribution in [0.15, 0.2) is 0 Å². The number of unbranched alkanes of at least 4 members (excludes halogenated alkanes) is 1. The molecule has 0 rings (SSSR count). The smallest absolute Gasteiger partial charge is 0.172 e. The van der Waals surface area contributed by atoms with Crippen molar-refractivity contribution < 1.29 is 13.6 Å². The molecule has 5 heteroatoms. The molecule has 0 aliphatic carbocycles. The summed E-state index contributed by atoms with van der Waals surface area (Å²) in [5, 5.41) is 0. The van der Waals surface area contributed by atoms with E-state index < -0.39 is 17.4 Å². The standard InChI is InChI=1S/C6H18OSi2.C6H14O.C5H12O.C2H6.3CH4/c1-6-9(4,5)7-8(2)3;1-3-5-6-7-4-2;1-3-5-6-4-2;1-2;;;/h8H,6H2,1-5H3;3-6H2,1-2H3;3-5H2,1-2H3;1-2H3;3*1H4. The van der Waals surface area contributed by atoms with Gasteiger partial charge in [-0.2, -0.15) is 0 Å². The van der Waals surface area contributed by atoms with E-state index in [2.05, 4.69) is 47.0 Å². The minimum Gasteiger partial charge on any atom is -0.458 e. The predicted molar refractivity (Wildman–Crippen MR) is 138 cm³/mol. The molecule has 27 heavy (non-hydrogen) atoms. The number of hydrogen-bond acceptors (Lipinski definition) is 3. The zero-order valence-electron chi connectivity index (χ0n) is 19.0. The van der Waals surface area contributed by atoms with Crippen molar-refractivity contribution in [1.29, 1.82) is 0 Å². The first-order valence-electron chi connectivity index (χ1n) is 10.1. The molecule has 176 valence electrons. The summed E-state index contributed by atoms with van der Waals surface area (Å²) in [6.07, 6.45) is 3.57. The highest BCUT2D eigenvalue weighted by atomic mass is 28.4. The summed E-state index contributed by atoms with van der Waals surface area (Å²) in [5.74, 6) is 0. The van der Waals surface area contributed by atoms with Gasteiger partial charge in [0, 0.05) is 26.4 Å². The molecule has 0 aliphatic heterocycles. The van der Waals surface area contributed by atoms with Crippen molar-refractivity contribution in [2.45, 2.75) is 122 Å². The molecule has 0 bridgehead atoms. The second-order valence-electron chi connectivity index (χ2n) is 6.03. The second-order valence-corrected chi connectivity index (χ2v) is 13.3. The SMILES string of the molecule is C.C.C.CC.CCCCOCC.CCCOCC.CC[Si](C)(C)O[SiH](C)C. The molecular weight excluding hydrogens is 368 g/mol. The van der Waals surface area contributed by atoms with Crippen molar-refractivity contribution in [2.24, 2.45) is 0 Å². The third kappa shape index (κ3) is 66.3. The maximum atomic E-state index is 5.86. The fourth-order valence-corrected chi connectivity index (χ4v) is 7.17. The van der Waals surface area contributed by atoms with Gasteiger partial charge < -0.3 is 13.6 Å². The summed E-state index contributed by atoms with van der Waals surface area (Å²) in [4.78, 5) is 0. The summed E-state index contributed by atoms with van der Waals surface area (Å²) in [5.41, 5.74) is 0. The molecule has 3 nitrogen and oxygen atoms in total. The van der Waals surface area contributed by atoms with E-state index >= 15 is 0 Å². The van der Waals surface area contributed by atoms with Crippen LogP contribution in [-0.4, -0.2) is 43.8 Å². The van der Waals surface area contributed by atoms with Gasteiger partial charge in [0.15, 0.2) is 17.4 Å². The summed E-state index contributed by atoms with van der Waals surface area (Å²) in [7, 11) is -1.93. The Bertz CT molecular complexity index is 182. The highest BCUT2D eigenvalue weighted by molar-refractivity contribution is 6.77. The lowest BCUT2D eigenvalue weighted by Gasteiger charge is -2.23. The van der Waals surface area contributed by atoms with Crippen molar-refractivity contribution >= 4 is 17.4 Å².